The second-order valence-corrected chi connectivity index (χ2v) is 23.6. The summed E-state index contributed by atoms with van der Waals surface area (Å²) in [5.41, 5.74) is 0.0937. The highest BCUT2D eigenvalue weighted by Crippen LogP contribution is 2.31. The maximum atomic E-state index is 14.0. The maximum Gasteiger partial charge on any atom is 0.261 e. The molecular formula is C58H40Cl4F3N3O10S3. The van der Waals surface area contributed by atoms with E-state index in [0.29, 0.717) is 21.4 Å². The lowest BCUT2D eigenvalue weighted by atomic mass is 10.0. The summed E-state index contributed by atoms with van der Waals surface area (Å²) in [6.45, 7) is 0. The summed E-state index contributed by atoms with van der Waals surface area (Å²) in [7, 11) is -10.5. The van der Waals surface area contributed by atoms with Crippen molar-refractivity contribution in [3.05, 3.63) is 277 Å². The minimum Gasteiger partial charge on any atom is -0.497 e. The first kappa shape index (κ1) is 60.6. The predicted octanol–water partition coefficient (Wildman–Crippen LogP) is 14.2. The molecule has 0 unspecified atom stereocenters. The second kappa shape index (κ2) is 26.5. The number of benzene rings is 9. The maximum absolute atomic E-state index is 14.0. The molecule has 9 aromatic rings. The molecule has 9 rings (SSSR count). The fraction of sp³-hybridized carbons (Fsp3) is 0.0172. The van der Waals surface area contributed by atoms with Crippen molar-refractivity contribution in [2.75, 3.05) is 21.3 Å². The fourth-order valence-electron chi connectivity index (χ4n) is 7.30. The number of hydrogen-bond acceptors (Lipinski definition) is 10. The minimum atomic E-state index is -3.99. The van der Waals surface area contributed by atoms with E-state index in [9.17, 15) is 52.8 Å². The van der Waals surface area contributed by atoms with Crippen LogP contribution >= 0.6 is 46.4 Å². The molecule has 0 radical (unpaired) electrons. The molecule has 414 valence electrons. The summed E-state index contributed by atoms with van der Waals surface area (Å²) in [4.78, 5) is 38.1. The van der Waals surface area contributed by atoms with Gasteiger partial charge >= 0.3 is 0 Å². The van der Waals surface area contributed by atoms with Crippen molar-refractivity contribution >= 4 is 111 Å². The molecule has 0 atom stereocenters. The fourth-order valence-corrected chi connectivity index (χ4v) is 11.2. The topological polar surface area (TPSA) is 199 Å². The Hall–Kier alpha value is -8.01. The van der Waals surface area contributed by atoms with Gasteiger partial charge in [-0.1, -0.05) is 101 Å². The first-order valence-corrected chi connectivity index (χ1v) is 29.2. The number of carbonyl (C=O) groups excluding carboxylic acids is 3. The van der Waals surface area contributed by atoms with Crippen LogP contribution < -0.4 is 18.9 Å². The highest BCUT2D eigenvalue weighted by Gasteiger charge is 2.25. The van der Waals surface area contributed by atoms with Gasteiger partial charge in [0.25, 0.3) is 30.1 Å². The quantitative estimate of drug-likeness (QED) is 0.0782. The third-order valence-electron chi connectivity index (χ3n) is 11.3. The van der Waals surface area contributed by atoms with Gasteiger partial charge in [0.2, 0.25) is 0 Å². The number of carbonyl (C=O) groups is 3. The summed E-state index contributed by atoms with van der Waals surface area (Å²) in [6.07, 6.45) is 0. The molecule has 3 N–H and O–H groups in total. The molecule has 0 aliphatic heterocycles. The van der Waals surface area contributed by atoms with Crippen molar-refractivity contribution in [3.8, 4) is 5.75 Å². The predicted molar refractivity (Wildman–Crippen MR) is 307 cm³/mol. The van der Waals surface area contributed by atoms with Crippen molar-refractivity contribution in [3.63, 3.8) is 0 Å². The molecule has 0 heterocycles. The zero-order chi connectivity index (χ0) is 58.6. The molecule has 23 heteroatoms. The molecular weight excluding hydrogens is 1190 g/mol. The average Bonchev–Trinajstić information content (AvgIpc) is 3.57. The van der Waals surface area contributed by atoms with Gasteiger partial charge in [0.05, 0.1) is 50.0 Å². The minimum absolute atomic E-state index is 0.00605. The lowest BCUT2D eigenvalue weighted by Gasteiger charge is -2.13. The zero-order valence-corrected chi connectivity index (χ0v) is 47.1. The average molecular weight is 1230 g/mol. The molecule has 0 fully saturated rings. The van der Waals surface area contributed by atoms with Gasteiger partial charge in [0.15, 0.2) is 17.3 Å². The van der Waals surface area contributed by atoms with Crippen LogP contribution in [0.2, 0.25) is 20.1 Å². The number of hydrogen-bond donors (Lipinski definition) is 3. The zero-order valence-electron chi connectivity index (χ0n) is 41.6. The van der Waals surface area contributed by atoms with Crippen molar-refractivity contribution in [2.45, 2.75) is 14.7 Å². The Morgan fingerprint density at radius 3 is 1.06 bits per heavy atom. The summed E-state index contributed by atoms with van der Waals surface area (Å²) >= 11 is 23.7. The molecule has 0 aliphatic rings. The Balaban J connectivity index is 0.000000175. The van der Waals surface area contributed by atoms with E-state index in [1.165, 1.54) is 147 Å². The summed E-state index contributed by atoms with van der Waals surface area (Å²) < 4.78 is 129. The van der Waals surface area contributed by atoms with Crippen LogP contribution in [0, 0.1) is 17.5 Å². The monoisotopic (exact) mass is 1230 g/mol. The van der Waals surface area contributed by atoms with Crippen LogP contribution in [0.15, 0.2) is 221 Å². The lowest BCUT2D eigenvalue weighted by Crippen LogP contribution is -2.16. The Kier molecular flexibility index (Phi) is 19.8. The van der Waals surface area contributed by atoms with Crippen LogP contribution in [0.1, 0.15) is 47.8 Å². The number of ether oxygens (including phenoxy) is 1. The standard InChI is InChI=1S/C20H15ClFNO4S.C19H12Cl2FNO3S.C19H13ClFNO3S/c1-27-14-7-9-15(10-8-14)28(25,26)23-19-11-6-13(21)12-17(19)20(24)16-4-2-3-5-18(16)22;20-12-5-8-14(9-6-12)27(25,26)23-18-10-7-13(21)11-16(18)19(24)15-3-1-2-4-17(15)22;20-14-6-11-18(17(12-14)19(23)13-4-2-1-3-5-13)22-26(24,25)16-9-7-15(21)8-10-16/h2-12,23H,1H3;1-11,23H;1-12,22H. The lowest BCUT2D eigenvalue weighted by molar-refractivity contribution is 0.102. The summed E-state index contributed by atoms with van der Waals surface area (Å²) in [6, 6.07) is 47.4. The van der Waals surface area contributed by atoms with Crippen LogP contribution in [-0.2, 0) is 30.1 Å². The second-order valence-electron chi connectivity index (χ2n) is 16.8. The number of sulfonamides is 3. The molecule has 0 saturated heterocycles. The number of halogens is 7. The highest BCUT2D eigenvalue weighted by molar-refractivity contribution is 7.93. The van der Waals surface area contributed by atoms with E-state index in [-0.39, 0.29) is 75.4 Å². The first-order chi connectivity index (χ1) is 38.5. The molecule has 0 spiro atoms. The van der Waals surface area contributed by atoms with E-state index in [1.807, 2.05) is 0 Å². The van der Waals surface area contributed by atoms with Gasteiger partial charge in [0.1, 0.15) is 23.2 Å². The van der Waals surface area contributed by atoms with Gasteiger partial charge in [-0.25, -0.2) is 38.4 Å². The van der Waals surface area contributed by atoms with Gasteiger partial charge < -0.3 is 4.74 Å². The first-order valence-electron chi connectivity index (χ1n) is 23.3. The molecule has 9 aromatic carbocycles. The summed E-state index contributed by atoms with van der Waals surface area (Å²) in [5, 5.41) is 1.11. The third kappa shape index (κ3) is 15.7. The molecule has 0 amide bonds. The molecule has 81 heavy (non-hydrogen) atoms. The highest BCUT2D eigenvalue weighted by atomic mass is 35.5. The molecule has 0 saturated carbocycles. The Bertz CT molecular complexity index is 4150. The number of methoxy groups -OCH3 is 1. The van der Waals surface area contributed by atoms with Crippen molar-refractivity contribution in [1.82, 2.24) is 0 Å². The number of nitrogens with one attached hydrogen (secondary N) is 3. The Labute approximate surface area is 484 Å². The van der Waals surface area contributed by atoms with E-state index in [1.54, 1.807) is 30.3 Å². The van der Waals surface area contributed by atoms with Crippen LogP contribution in [0.3, 0.4) is 0 Å². The molecule has 13 nitrogen and oxygen atoms in total. The van der Waals surface area contributed by atoms with Crippen molar-refractivity contribution in [2.24, 2.45) is 0 Å². The van der Waals surface area contributed by atoms with Crippen molar-refractivity contribution < 1.29 is 57.5 Å². The number of rotatable bonds is 16. The van der Waals surface area contributed by atoms with Crippen LogP contribution in [-0.4, -0.2) is 49.7 Å². The van der Waals surface area contributed by atoms with Gasteiger partial charge in [0, 0.05) is 42.3 Å². The number of anilines is 3. The van der Waals surface area contributed by atoms with Gasteiger partial charge in [-0.2, -0.15) is 0 Å². The normalized spacial score (nSPS) is 11.2. The molecule has 0 bridgehead atoms. The van der Waals surface area contributed by atoms with E-state index in [2.05, 4.69) is 14.2 Å². The van der Waals surface area contributed by atoms with Gasteiger partial charge in [-0.05, 0) is 152 Å². The third-order valence-corrected chi connectivity index (χ3v) is 16.4. The molecule has 0 aliphatic carbocycles. The van der Waals surface area contributed by atoms with E-state index in [4.69, 9.17) is 51.1 Å². The Morgan fingerprint density at radius 1 is 0.370 bits per heavy atom. The van der Waals surface area contributed by atoms with E-state index >= 15 is 0 Å². The smallest absolute Gasteiger partial charge is 0.261 e. The Morgan fingerprint density at radius 2 is 0.691 bits per heavy atom. The SMILES string of the molecule is COc1ccc(S(=O)(=O)Nc2ccc(Cl)cc2C(=O)c2ccccc2F)cc1.O=C(c1ccccc1)c1cc(Cl)ccc1NS(=O)(=O)c1ccc(F)cc1.O=C(c1ccccc1F)c1cc(Cl)ccc1NS(=O)(=O)c1ccc(Cl)cc1. The molecule has 0 aromatic heterocycles. The van der Waals surface area contributed by atoms with E-state index < -0.39 is 59.1 Å². The van der Waals surface area contributed by atoms with Crippen LogP contribution in [0.5, 0.6) is 5.75 Å². The summed E-state index contributed by atoms with van der Waals surface area (Å²) in [5.74, 6) is -3.22. The van der Waals surface area contributed by atoms with Crippen LogP contribution in [0.4, 0.5) is 30.2 Å². The number of ketones is 3. The van der Waals surface area contributed by atoms with Gasteiger partial charge in [-0.15, -0.1) is 0 Å². The van der Waals surface area contributed by atoms with E-state index in [0.717, 1.165) is 36.4 Å². The van der Waals surface area contributed by atoms with Gasteiger partial charge in [-0.3, -0.25) is 28.5 Å². The van der Waals surface area contributed by atoms with Crippen LogP contribution in [0.25, 0.3) is 0 Å². The largest absolute Gasteiger partial charge is 0.497 e. The van der Waals surface area contributed by atoms with Crippen molar-refractivity contribution in [1.29, 1.82) is 0 Å².